The highest BCUT2D eigenvalue weighted by Crippen LogP contribution is 2.28. The molecule has 1 aromatic carbocycles. The van der Waals surface area contributed by atoms with E-state index in [1.807, 2.05) is 51.1 Å². The van der Waals surface area contributed by atoms with Crippen molar-refractivity contribution in [3.8, 4) is 11.8 Å². The minimum atomic E-state index is -1.65. The van der Waals surface area contributed by atoms with Crippen molar-refractivity contribution < 1.29 is 19.1 Å². The molecule has 0 aliphatic rings. The molecule has 0 aliphatic carbocycles. The van der Waals surface area contributed by atoms with E-state index in [0.29, 0.717) is 0 Å². The Labute approximate surface area is 149 Å². The third kappa shape index (κ3) is 5.99. The van der Waals surface area contributed by atoms with Gasteiger partial charge in [0.05, 0.1) is 14.2 Å². The van der Waals surface area contributed by atoms with E-state index in [1.54, 1.807) is 6.08 Å². The van der Waals surface area contributed by atoms with Gasteiger partial charge in [-0.1, -0.05) is 50.8 Å². The number of benzene rings is 1. The number of hydrogen-bond donors (Lipinski definition) is 0. The molecular formula is C21H24O4. The van der Waals surface area contributed by atoms with Gasteiger partial charge in [-0.2, -0.15) is 0 Å². The Bertz CT molecular complexity index is 705. The van der Waals surface area contributed by atoms with Gasteiger partial charge in [-0.25, -0.2) is 0 Å². The van der Waals surface area contributed by atoms with Crippen LogP contribution in [0.25, 0.3) is 0 Å². The lowest BCUT2D eigenvalue weighted by atomic mass is 9.84. The average Bonchev–Trinajstić information content (AvgIpc) is 2.58. The fourth-order valence-corrected chi connectivity index (χ4v) is 2.00. The second kappa shape index (κ2) is 8.92. The summed E-state index contributed by atoms with van der Waals surface area (Å²) in [6.07, 6.45) is 3.10. The molecule has 0 aromatic heterocycles. The maximum Gasteiger partial charge on any atom is 0.328 e. The molecule has 25 heavy (non-hydrogen) atoms. The molecule has 0 aliphatic heterocycles. The number of carbonyl (C=O) groups excluding carboxylic acids is 2. The molecule has 0 saturated carbocycles. The largest absolute Gasteiger partial charge is 0.468 e. The van der Waals surface area contributed by atoms with Gasteiger partial charge < -0.3 is 9.47 Å². The molecule has 0 saturated heterocycles. The van der Waals surface area contributed by atoms with Gasteiger partial charge in [0, 0.05) is 12.0 Å². The Kier molecular flexibility index (Phi) is 7.23. The smallest absolute Gasteiger partial charge is 0.328 e. The van der Waals surface area contributed by atoms with Crippen LogP contribution in [0.3, 0.4) is 0 Å². The van der Waals surface area contributed by atoms with E-state index in [1.165, 1.54) is 20.3 Å². The lowest BCUT2D eigenvalue weighted by Gasteiger charge is -2.22. The van der Waals surface area contributed by atoms with Gasteiger partial charge in [0.2, 0.25) is 5.41 Å². The molecule has 132 valence electrons. The number of carbonyl (C=O) groups is 2. The Morgan fingerprint density at radius 3 is 2.04 bits per heavy atom. The molecule has 1 aromatic rings. The zero-order valence-corrected chi connectivity index (χ0v) is 15.4. The third-order valence-electron chi connectivity index (χ3n) is 3.32. The van der Waals surface area contributed by atoms with E-state index in [4.69, 9.17) is 9.47 Å². The number of methoxy groups -OCH3 is 2. The summed E-state index contributed by atoms with van der Waals surface area (Å²) in [6, 6.07) is 9.31. The van der Waals surface area contributed by atoms with Crippen LogP contribution in [-0.2, 0) is 19.1 Å². The van der Waals surface area contributed by atoms with Crippen molar-refractivity contribution in [3.63, 3.8) is 0 Å². The Morgan fingerprint density at radius 1 is 1.00 bits per heavy atom. The molecule has 0 amide bonds. The number of rotatable bonds is 4. The first kappa shape index (κ1) is 20.3. The fourth-order valence-electron chi connectivity index (χ4n) is 2.00. The van der Waals surface area contributed by atoms with Crippen molar-refractivity contribution in [3.05, 3.63) is 53.8 Å². The van der Waals surface area contributed by atoms with Gasteiger partial charge in [0.1, 0.15) is 0 Å². The monoisotopic (exact) mass is 340 g/mol. The third-order valence-corrected chi connectivity index (χ3v) is 3.32. The normalized spacial score (nSPS) is 10.6. The summed E-state index contributed by atoms with van der Waals surface area (Å²) >= 11 is 0. The zero-order chi connectivity index (χ0) is 18.9. The van der Waals surface area contributed by atoms with Gasteiger partial charge in [0.15, 0.2) is 0 Å². The summed E-state index contributed by atoms with van der Waals surface area (Å²) in [5.41, 5.74) is 1.92. The first-order valence-corrected chi connectivity index (χ1v) is 7.91. The van der Waals surface area contributed by atoms with Gasteiger partial charge in [0.25, 0.3) is 0 Å². The van der Waals surface area contributed by atoms with E-state index in [0.717, 1.165) is 5.56 Å². The van der Waals surface area contributed by atoms with E-state index >= 15 is 0 Å². The predicted octanol–water partition coefficient (Wildman–Crippen LogP) is 3.52. The average molecular weight is 340 g/mol. The predicted molar refractivity (Wildman–Crippen MR) is 96.5 cm³/mol. The van der Waals surface area contributed by atoms with Gasteiger partial charge in [-0.15, -0.1) is 5.73 Å². The Balaban J connectivity index is 3.30. The van der Waals surface area contributed by atoms with Gasteiger partial charge in [-0.3, -0.25) is 9.59 Å². The van der Waals surface area contributed by atoms with Crippen molar-refractivity contribution in [2.24, 2.45) is 10.8 Å². The first-order chi connectivity index (χ1) is 11.7. The number of esters is 2. The standard InChI is InChI=1S/C21H24O4/c1-20(2,3)14-10-16-21(18(22)24-4,19(23)25-5)15-9-13-17-11-7-6-8-12-17/h6-8,11-12,14,16H,15H2,1-5H3. The summed E-state index contributed by atoms with van der Waals surface area (Å²) in [4.78, 5) is 24.7. The van der Waals surface area contributed by atoms with Crippen LogP contribution in [-0.4, -0.2) is 26.2 Å². The molecule has 0 heterocycles. The lowest BCUT2D eigenvalue weighted by Crippen LogP contribution is -2.39. The van der Waals surface area contributed by atoms with E-state index < -0.39 is 17.4 Å². The van der Waals surface area contributed by atoms with Gasteiger partial charge >= 0.3 is 11.9 Å². The highest BCUT2D eigenvalue weighted by Gasteiger charge is 2.46. The molecule has 0 spiro atoms. The van der Waals surface area contributed by atoms with Crippen molar-refractivity contribution in [2.75, 3.05) is 14.2 Å². The van der Waals surface area contributed by atoms with E-state index in [2.05, 4.69) is 17.6 Å². The Hall–Kier alpha value is -2.76. The van der Waals surface area contributed by atoms with Crippen molar-refractivity contribution >= 4 is 11.9 Å². The summed E-state index contributed by atoms with van der Waals surface area (Å²) in [5.74, 6) is 4.37. The molecule has 1 rings (SSSR count). The summed E-state index contributed by atoms with van der Waals surface area (Å²) in [6.45, 7) is 5.96. The van der Waals surface area contributed by atoms with Crippen LogP contribution in [0.15, 0.2) is 48.2 Å². The van der Waals surface area contributed by atoms with Crippen molar-refractivity contribution in [1.82, 2.24) is 0 Å². The van der Waals surface area contributed by atoms with Crippen molar-refractivity contribution in [1.29, 1.82) is 0 Å². The lowest BCUT2D eigenvalue weighted by molar-refractivity contribution is -0.164. The van der Waals surface area contributed by atoms with E-state index in [9.17, 15) is 9.59 Å². The fraction of sp³-hybridized carbons (Fsp3) is 0.381. The first-order valence-electron chi connectivity index (χ1n) is 7.91. The number of ether oxygens (including phenoxy) is 2. The Morgan fingerprint density at radius 2 is 1.56 bits per heavy atom. The van der Waals surface area contributed by atoms with Crippen LogP contribution >= 0.6 is 0 Å². The molecule has 0 bridgehead atoms. The van der Waals surface area contributed by atoms with Crippen LogP contribution < -0.4 is 0 Å². The second-order valence-electron chi connectivity index (χ2n) is 6.62. The van der Waals surface area contributed by atoms with Crippen LogP contribution in [0, 0.1) is 22.7 Å². The molecular weight excluding hydrogens is 316 g/mol. The maximum absolute atomic E-state index is 12.4. The summed E-state index contributed by atoms with van der Waals surface area (Å²) < 4.78 is 9.66. The van der Waals surface area contributed by atoms with Crippen LogP contribution in [0.5, 0.6) is 0 Å². The SMILES string of the molecule is COC(=O)C(C=C=CC(C)(C)C)(CC#Cc1ccccc1)C(=O)OC. The second-order valence-corrected chi connectivity index (χ2v) is 6.62. The highest BCUT2D eigenvalue weighted by atomic mass is 16.5. The molecule has 4 heteroatoms. The van der Waals surface area contributed by atoms with Crippen LogP contribution in [0.4, 0.5) is 0 Å². The zero-order valence-electron chi connectivity index (χ0n) is 15.4. The molecule has 4 nitrogen and oxygen atoms in total. The van der Waals surface area contributed by atoms with Crippen LogP contribution in [0.2, 0.25) is 0 Å². The molecule has 0 N–H and O–H groups in total. The minimum absolute atomic E-state index is 0.0633. The molecule has 0 radical (unpaired) electrons. The highest BCUT2D eigenvalue weighted by molar-refractivity contribution is 6.02. The molecule has 0 unspecified atom stereocenters. The van der Waals surface area contributed by atoms with E-state index in [-0.39, 0.29) is 11.8 Å². The quantitative estimate of drug-likeness (QED) is 0.364. The van der Waals surface area contributed by atoms with Crippen LogP contribution in [0.1, 0.15) is 32.8 Å². The molecule has 0 atom stereocenters. The minimum Gasteiger partial charge on any atom is -0.468 e. The topological polar surface area (TPSA) is 52.6 Å². The summed E-state index contributed by atoms with van der Waals surface area (Å²) in [7, 11) is 2.46. The molecule has 0 fully saturated rings. The number of hydrogen-bond acceptors (Lipinski definition) is 4. The van der Waals surface area contributed by atoms with Crippen molar-refractivity contribution in [2.45, 2.75) is 27.2 Å². The van der Waals surface area contributed by atoms with Gasteiger partial charge in [-0.05, 0) is 29.7 Å². The summed E-state index contributed by atoms with van der Waals surface area (Å²) in [5, 5.41) is 0. The maximum atomic E-state index is 12.4.